The molecule has 0 aromatic carbocycles. The third-order valence-electron chi connectivity index (χ3n) is 3.15. The van der Waals surface area contributed by atoms with E-state index in [-0.39, 0.29) is 17.8 Å². The molecule has 0 spiro atoms. The van der Waals surface area contributed by atoms with E-state index >= 15 is 0 Å². The zero-order chi connectivity index (χ0) is 11.5. The number of carbonyl (C=O) groups is 1. The molecule has 1 saturated carbocycles. The van der Waals surface area contributed by atoms with E-state index in [0.29, 0.717) is 12.6 Å². The van der Waals surface area contributed by atoms with Crippen molar-refractivity contribution in [3.63, 3.8) is 0 Å². The average Bonchev–Trinajstić information content (AvgIpc) is 3.12. The van der Waals surface area contributed by atoms with Crippen molar-refractivity contribution in [2.75, 3.05) is 13.1 Å². The normalized spacial score (nSPS) is 26.6. The molecule has 0 aromatic heterocycles. The van der Waals surface area contributed by atoms with E-state index in [0.717, 1.165) is 32.2 Å². The highest BCUT2D eigenvalue weighted by Crippen LogP contribution is 2.21. The summed E-state index contributed by atoms with van der Waals surface area (Å²) in [7, 11) is 0. The molecule has 1 aliphatic heterocycles. The predicted molar refractivity (Wildman–Crippen MR) is 59.3 cm³/mol. The van der Waals surface area contributed by atoms with Crippen LogP contribution >= 0.6 is 0 Å². The number of hydrogen-bond acceptors (Lipinski definition) is 3. The summed E-state index contributed by atoms with van der Waals surface area (Å²) < 4.78 is 0. The van der Waals surface area contributed by atoms with Crippen LogP contribution in [0, 0.1) is 5.92 Å². The van der Waals surface area contributed by atoms with E-state index in [1.807, 2.05) is 0 Å². The van der Waals surface area contributed by atoms with Crippen LogP contribution in [-0.4, -0.2) is 41.1 Å². The number of likely N-dealkylation sites (tertiary alicyclic amines) is 1. The number of nitrogens with two attached hydrogens (primary N) is 1. The van der Waals surface area contributed by atoms with Crippen LogP contribution in [0.25, 0.3) is 0 Å². The molecular weight excluding hydrogens is 208 g/mol. The Morgan fingerprint density at radius 2 is 2.19 bits per heavy atom. The standard InChI is InChI=1S/C10H18N4O2/c11-9(13-16)7-2-1-5-14(6-7)10(15)12-8-3-4-8/h7-8,16H,1-6H2,(H2,11,13)(H,12,15). The number of piperidine rings is 1. The van der Waals surface area contributed by atoms with Crippen LogP contribution in [0.1, 0.15) is 25.7 Å². The molecule has 90 valence electrons. The topological polar surface area (TPSA) is 91.0 Å². The molecule has 1 heterocycles. The van der Waals surface area contributed by atoms with Crippen molar-refractivity contribution in [3.8, 4) is 0 Å². The Hall–Kier alpha value is -1.46. The number of rotatable bonds is 2. The number of oxime groups is 1. The molecule has 16 heavy (non-hydrogen) atoms. The minimum atomic E-state index is -0.0158. The number of urea groups is 1. The summed E-state index contributed by atoms with van der Waals surface area (Å²) in [5.74, 6) is 0.215. The molecule has 2 amide bonds. The lowest BCUT2D eigenvalue weighted by atomic mass is 9.97. The third kappa shape index (κ3) is 2.56. The number of carbonyl (C=O) groups excluding carboxylic acids is 1. The molecule has 4 N–H and O–H groups in total. The summed E-state index contributed by atoms with van der Waals surface area (Å²) in [6.07, 6.45) is 3.95. The monoisotopic (exact) mass is 226 g/mol. The molecule has 1 aliphatic carbocycles. The van der Waals surface area contributed by atoms with Crippen molar-refractivity contribution >= 4 is 11.9 Å². The highest BCUT2D eigenvalue weighted by molar-refractivity contribution is 5.83. The van der Waals surface area contributed by atoms with Gasteiger partial charge in [0.15, 0.2) is 0 Å². The minimum absolute atomic E-state index is 0.0105. The van der Waals surface area contributed by atoms with Gasteiger partial charge in [-0.05, 0) is 25.7 Å². The fraction of sp³-hybridized carbons (Fsp3) is 0.800. The quantitative estimate of drug-likeness (QED) is 0.274. The fourth-order valence-electron chi connectivity index (χ4n) is 1.98. The van der Waals surface area contributed by atoms with Crippen molar-refractivity contribution in [2.24, 2.45) is 16.8 Å². The highest BCUT2D eigenvalue weighted by Gasteiger charge is 2.30. The van der Waals surface area contributed by atoms with Gasteiger partial charge in [0, 0.05) is 25.0 Å². The van der Waals surface area contributed by atoms with Crippen molar-refractivity contribution in [3.05, 3.63) is 0 Å². The molecule has 6 heteroatoms. The lowest BCUT2D eigenvalue weighted by Gasteiger charge is -2.32. The average molecular weight is 226 g/mol. The number of nitrogens with one attached hydrogen (secondary N) is 1. The fourth-order valence-corrected chi connectivity index (χ4v) is 1.98. The van der Waals surface area contributed by atoms with Crippen molar-refractivity contribution in [1.29, 1.82) is 0 Å². The first-order chi connectivity index (χ1) is 7.70. The predicted octanol–water partition coefficient (Wildman–Crippen LogP) is 0.317. The Morgan fingerprint density at radius 3 is 2.81 bits per heavy atom. The van der Waals surface area contributed by atoms with E-state index < -0.39 is 0 Å². The number of amidine groups is 1. The molecule has 1 atom stereocenters. The Morgan fingerprint density at radius 1 is 1.44 bits per heavy atom. The Labute approximate surface area is 94.5 Å². The number of amides is 2. The van der Waals surface area contributed by atoms with Gasteiger partial charge in [0.2, 0.25) is 0 Å². The van der Waals surface area contributed by atoms with Gasteiger partial charge in [-0.3, -0.25) is 0 Å². The van der Waals surface area contributed by atoms with Gasteiger partial charge in [-0.1, -0.05) is 5.16 Å². The van der Waals surface area contributed by atoms with E-state index in [9.17, 15) is 4.79 Å². The summed E-state index contributed by atoms with van der Waals surface area (Å²) in [4.78, 5) is 13.5. The second-order valence-electron chi connectivity index (χ2n) is 4.53. The van der Waals surface area contributed by atoms with Crippen LogP contribution in [0.15, 0.2) is 5.16 Å². The lowest BCUT2D eigenvalue weighted by molar-refractivity contribution is 0.176. The van der Waals surface area contributed by atoms with Crippen LogP contribution in [0.5, 0.6) is 0 Å². The molecule has 2 aliphatic rings. The van der Waals surface area contributed by atoms with Crippen LogP contribution in [0.4, 0.5) is 4.79 Å². The molecular formula is C10H18N4O2. The molecule has 0 radical (unpaired) electrons. The third-order valence-corrected chi connectivity index (χ3v) is 3.15. The molecule has 1 unspecified atom stereocenters. The number of nitrogens with zero attached hydrogens (tertiary/aromatic N) is 2. The minimum Gasteiger partial charge on any atom is -0.409 e. The van der Waals surface area contributed by atoms with Gasteiger partial charge in [0.05, 0.1) is 0 Å². The molecule has 0 bridgehead atoms. The Kier molecular flexibility index (Phi) is 3.17. The van der Waals surface area contributed by atoms with Gasteiger partial charge in [-0.15, -0.1) is 0 Å². The van der Waals surface area contributed by atoms with Gasteiger partial charge in [0.1, 0.15) is 5.84 Å². The van der Waals surface area contributed by atoms with Crippen molar-refractivity contribution < 1.29 is 10.0 Å². The van der Waals surface area contributed by atoms with Gasteiger partial charge in [-0.2, -0.15) is 0 Å². The summed E-state index contributed by atoms with van der Waals surface area (Å²) >= 11 is 0. The van der Waals surface area contributed by atoms with Crippen molar-refractivity contribution in [1.82, 2.24) is 10.2 Å². The highest BCUT2D eigenvalue weighted by atomic mass is 16.4. The zero-order valence-electron chi connectivity index (χ0n) is 9.22. The van der Waals surface area contributed by atoms with Gasteiger partial charge >= 0.3 is 6.03 Å². The Bertz CT molecular complexity index is 301. The first-order valence-corrected chi connectivity index (χ1v) is 5.73. The van der Waals surface area contributed by atoms with E-state index in [4.69, 9.17) is 10.9 Å². The molecule has 2 rings (SSSR count). The Balaban J connectivity index is 1.87. The second-order valence-corrected chi connectivity index (χ2v) is 4.53. The van der Waals surface area contributed by atoms with Gasteiger partial charge in [-0.25, -0.2) is 4.79 Å². The SMILES string of the molecule is NC(=NO)C1CCCN(C(=O)NC2CC2)C1. The maximum atomic E-state index is 11.8. The number of hydrogen-bond donors (Lipinski definition) is 3. The summed E-state index contributed by atoms with van der Waals surface area (Å²) in [6, 6.07) is 0.356. The molecule has 2 fully saturated rings. The van der Waals surface area contributed by atoms with Crippen LogP contribution in [0.2, 0.25) is 0 Å². The molecule has 0 aromatic rings. The smallest absolute Gasteiger partial charge is 0.317 e. The second kappa shape index (κ2) is 4.59. The molecule has 1 saturated heterocycles. The summed E-state index contributed by atoms with van der Waals surface area (Å²) in [5, 5.41) is 14.6. The largest absolute Gasteiger partial charge is 0.409 e. The van der Waals surface area contributed by atoms with Crippen LogP contribution in [0.3, 0.4) is 0 Å². The first kappa shape index (κ1) is 11.0. The van der Waals surface area contributed by atoms with Crippen molar-refractivity contribution in [2.45, 2.75) is 31.7 Å². The maximum absolute atomic E-state index is 11.8. The van der Waals surface area contributed by atoms with Gasteiger partial charge < -0.3 is 21.2 Å². The molecule has 6 nitrogen and oxygen atoms in total. The first-order valence-electron chi connectivity index (χ1n) is 5.73. The van der Waals surface area contributed by atoms with Gasteiger partial charge in [0.25, 0.3) is 0 Å². The van der Waals surface area contributed by atoms with E-state index in [1.54, 1.807) is 4.90 Å². The summed E-state index contributed by atoms with van der Waals surface area (Å²) in [5.41, 5.74) is 5.57. The zero-order valence-corrected chi connectivity index (χ0v) is 9.22. The summed E-state index contributed by atoms with van der Waals surface area (Å²) in [6.45, 7) is 1.31. The van der Waals surface area contributed by atoms with Crippen LogP contribution in [-0.2, 0) is 0 Å². The van der Waals surface area contributed by atoms with E-state index in [2.05, 4.69) is 10.5 Å². The van der Waals surface area contributed by atoms with E-state index in [1.165, 1.54) is 0 Å². The maximum Gasteiger partial charge on any atom is 0.317 e. The lowest BCUT2D eigenvalue weighted by Crippen LogP contribution is -2.48. The van der Waals surface area contributed by atoms with Crippen LogP contribution < -0.4 is 11.1 Å².